The lowest BCUT2D eigenvalue weighted by Gasteiger charge is -2.34. The van der Waals surface area contributed by atoms with E-state index in [0.717, 1.165) is 62.6 Å². The van der Waals surface area contributed by atoms with Gasteiger partial charge in [-0.25, -0.2) is 0 Å². The molecule has 0 unspecified atom stereocenters. The summed E-state index contributed by atoms with van der Waals surface area (Å²) in [4.78, 5) is 17.9. The molecule has 1 saturated carbocycles. The average Bonchev–Trinajstić information content (AvgIpc) is 3.12. The molecule has 2 heterocycles. The minimum absolute atomic E-state index is 0.219. The van der Waals surface area contributed by atoms with E-state index in [4.69, 9.17) is 0 Å². The van der Waals surface area contributed by atoms with Crippen molar-refractivity contribution in [3.05, 3.63) is 35.5 Å². The molecule has 1 aromatic heterocycles. The number of carbonyl (C=O) groups is 1. The van der Waals surface area contributed by atoms with Crippen LogP contribution in [0.3, 0.4) is 0 Å². The Bertz CT molecular complexity index is 811. The van der Waals surface area contributed by atoms with Crippen molar-refractivity contribution >= 4 is 16.8 Å². The predicted molar refractivity (Wildman–Crippen MR) is 116 cm³/mol. The van der Waals surface area contributed by atoms with Crippen LogP contribution in [-0.4, -0.2) is 53.0 Å². The Hall–Kier alpha value is -1.81. The lowest BCUT2D eigenvalue weighted by molar-refractivity contribution is 0.0645. The van der Waals surface area contributed by atoms with Gasteiger partial charge in [0.25, 0.3) is 5.91 Å². The van der Waals surface area contributed by atoms with E-state index in [2.05, 4.69) is 52.6 Å². The molecule has 152 valence electrons. The molecule has 1 aliphatic carbocycles. The monoisotopic (exact) mass is 381 g/mol. The second-order valence-electron chi connectivity index (χ2n) is 8.59. The molecule has 1 aromatic carbocycles. The van der Waals surface area contributed by atoms with Crippen LogP contribution in [0.25, 0.3) is 10.9 Å². The Morgan fingerprint density at radius 1 is 1.04 bits per heavy atom. The molecule has 4 nitrogen and oxygen atoms in total. The summed E-state index contributed by atoms with van der Waals surface area (Å²) in [6, 6.07) is 6.51. The minimum Gasteiger partial charge on any atom is -0.346 e. The van der Waals surface area contributed by atoms with Crippen LogP contribution in [0, 0.1) is 5.92 Å². The van der Waals surface area contributed by atoms with E-state index in [9.17, 15) is 4.79 Å². The van der Waals surface area contributed by atoms with Crippen LogP contribution >= 0.6 is 0 Å². The van der Waals surface area contributed by atoms with E-state index in [1.165, 1.54) is 43.2 Å². The highest BCUT2D eigenvalue weighted by molar-refractivity contribution is 6.07. The molecule has 2 fully saturated rings. The molecule has 4 heteroatoms. The molecule has 0 radical (unpaired) electrons. The molecule has 2 aromatic rings. The number of likely N-dealkylation sites (N-methyl/N-ethyl adjacent to an activating group) is 1. The van der Waals surface area contributed by atoms with E-state index >= 15 is 0 Å². The normalized spacial score (nSPS) is 19.4. The highest BCUT2D eigenvalue weighted by Gasteiger charge is 2.26. The Morgan fingerprint density at radius 2 is 1.79 bits per heavy atom. The summed E-state index contributed by atoms with van der Waals surface area (Å²) in [5.74, 6) is 0.974. The molecule has 1 amide bonds. The highest BCUT2D eigenvalue weighted by Crippen LogP contribution is 2.31. The second-order valence-corrected chi connectivity index (χ2v) is 8.59. The third kappa shape index (κ3) is 3.84. The molecule has 1 aliphatic heterocycles. The Labute approximate surface area is 169 Å². The van der Waals surface area contributed by atoms with Crippen molar-refractivity contribution in [3.8, 4) is 0 Å². The summed E-state index contributed by atoms with van der Waals surface area (Å²) >= 11 is 0. The van der Waals surface area contributed by atoms with Gasteiger partial charge >= 0.3 is 0 Å². The fraction of sp³-hybridized carbons (Fsp3) is 0.625. The Kier molecular flexibility index (Phi) is 6.05. The zero-order valence-corrected chi connectivity index (χ0v) is 17.6. The molecule has 0 bridgehead atoms. The van der Waals surface area contributed by atoms with Crippen molar-refractivity contribution < 1.29 is 4.79 Å². The molecule has 1 saturated heterocycles. The molecule has 4 rings (SSSR count). The quantitative estimate of drug-likeness (QED) is 0.759. The van der Waals surface area contributed by atoms with Gasteiger partial charge in [0.2, 0.25) is 0 Å². The van der Waals surface area contributed by atoms with Crippen LogP contribution in [0.4, 0.5) is 0 Å². The van der Waals surface area contributed by atoms with Crippen LogP contribution in [0.2, 0.25) is 0 Å². The van der Waals surface area contributed by atoms with Crippen molar-refractivity contribution in [1.82, 2.24) is 14.4 Å². The third-order valence-corrected chi connectivity index (χ3v) is 6.88. The first-order valence-electron chi connectivity index (χ1n) is 11.3. The second kappa shape index (κ2) is 8.69. The largest absolute Gasteiger partial charge is 0.346 e. The number of rotatable bonds is 5. The summed E-state index contributed by atoms with van der Waals surface area (Å²) in [5, 5.41) is 1.15. The number of aromatic nitrogens is 1. The highest BCUT2D eigenvalue weighted by atomic mass is 16.2. The lowest BCUT2D eigenvalue weighted by atomic mass is 9.89. The van der Waals surface area contributed by atoms with Crippen molar-refractivity contribution in [2.24, 2.45) is 5.92 Å². The molecule has 0 N–H and O–H groups in total. The van der Waals surface area contributed by atoms with Gasteiger partial charge in [-0.2, -0.15) is 0 Å². The maximum Gasteiger partial charge on any atom is 0.256 e. The first kappa shape index (κ1) is 19.5. The number of amides is 1. The Morgan fingerprint density at radius 3 is 2.46 bits per heavy atom. The molecule has 28 heavy (non-hydrogen) atoms. The van der Waals surface area contributed by atoms with Gasteiger partial charge in [-0.15, -0.1) is 0 Å². The van der Waals surface area contributed by atoms with Gasteiger partial charge in [0.05, 0.1) is 11.1 Å². The minimum atomic E-state index is 0.219. The number of benzene rings is 1. The third-order valence-electron chi connectivity index (χ3n) is 6.88. The van der Waals surface area contributed by atoms with Crippen molar-refractivity contribution in [3.63, 3.8) is 0 Å². The van der Waals surface area contributed by atoms with Gasteiger partial charge in [-0.1, -0.05) is 51.3 Å². The van der Waals surface area contributed by atoms with E-state index in [1.54, 1.807) is 0 Å². The van der Waals surface area contributed by atoms with Crippen molar-refractivity contribution in [2.45, 2.75) is 58.9 Å². The SMILES string of the molecule is CCc1cccc2c(C(=O)N3CCN(CC)CC3)cn(CC3CCCCC3)c12. The van der Waals surface area contributed by atoms with Crippen LogP contribution in [0.15, 0.2) is 24.4 Å². The van der Waals surface area contributed by atoms with Gasteiger partial charge in [0.15, 0.2) is 0 Å². The molecule has 2 aliphatic rings. The van der Waals surface area contributed by atoms with Crippen LogP contribution in [-0.2, 0) is 13.0 Å². The first-order chi connectivity index (χ1) is 13.7. The number of fused-ring (bicyclic) bond motifs is 1. The lowest BCUT2D eigenvalue weighted by Crippen LogP contribution is -2.48. The number of nitrogens with zero attached hydrogens (tertiary/aromatic N) is 3. The number of hydrogen-bond acceptors (Lipinski definition) is 2. The fourth-order valence-electron chi connectivity index (χ4n) is 5.12. The Balaban J connectivity index is 1.65. The van der Waals surface area contributed by atoms with Gasteiger partial charge in [-0.3, -0.25) is 4.79 Å². The maximum absolute atomic E-state index is 13.4. The van der Waals surface area contributed by atoms with Crippen molar-refractivity contribution in [1.29, 1.82) is 0 Å². The van der Waals surface area contributed by atoms with Gasteiger partial charge in [0, 0.05) is 44.3 Å². The number of carbonyl (C=O) groups excluding carboxylic acids is 1. The molecule has 0 spiro atoms. The van der Waals surface area contributed by atoms with Gasteiger partial charge in [-0.05, 0) is 37.3 Å². The molecular weight excluding hydrogens is 346 g/mol. The number of hydrogen-bond donors (Lipinski definition) is 0. The number of para-hydroxylation sites is 1. The van der Waals surface area contributed by atoms with Crippen molar-refractivity contribution in [2.75, 3.05) is 32.7 Å². The molecule has 0 atom stereocenters. The maximum atomic E-state index is 13.4. The zero-order valence-electron chi connectivity index (χ0n) is 17.6. The van der Waals surface area contributed by atoms with E-state index < -0.39 is 0 Å². The summed E-state index contributed by atoms with van der Waals surface area (Å²) in [6.45, 7) is 10.2. The van der Waals surface area contributed by atoms with Crippen LogP contribution < -0.4 is 0 Å². The number of piperazine rings is 1. The standard InChI is InChI=1S/C24H35N3O/c1-3-20-11-8-12-21-22(24(28)26-15-13-25(4-2)14-16-26)18-27(23(20)21)17-19-9-6-5-7-10-19/h8,11-12,18-19H,3-7,9-10,13-17H2,1-2H3. The topological polar surface area (TPSA) is 28.5 Å². The smallest absolute Gasteiger partial charge is 0.256 e. The van der Waals surface area contributed by atoms with Gasteiger partial charge < -0.3 is 14.4 Å². The summed E-state index contributed by atoms with van der Waals surface area (Å²) < 4.78 is 2.42. The van der Waals surface area contributed by atoms with E-state index in [1.807, 2.05) is 0 Å². The number of aryl methyl sites for hydroxylation is 1. The zero-order chi connectivity index (χ0) is 19.5. The van der Waals surface area contributed by atoms with E-state index in [0.29, 0.717) is 0 Å². The van der Waals surface area contributed by atoms with Gasteiger partial charge in [0.1, 0.15) is 0 Å². The first-order valence-corrected chi connectivity index (χ1v) is 11.3. The summed E-state index contributed by atoms with van der Waals surface area (Å²) in [6.07, 6.45) is 9.95. The predicted octanol–water partition coefficient (Wildman–Crippen LogP) is 4.56. The average molecular weight is 382 g/mol. The summed E-state index contributed by atoms with van der Waals surface area (Å²) in [5.41, 5.74) is 3.57. The summed E-state index contributed by atoms with van der Waals surface area (Å²) in [7, 11) is 0. The van der Waals surface area contributed by atoms with Crippen LogP contribution in [0.5, 0.6) is 0 Å². The van der Waals surface area contributed by atoms with E-state index in [-0.39, 0.29) is 5.91 Å². The van der Waals surface area contributed by atoms with Crippen LogP contribution in [0.1, 0.15) is 61.9 Å². The molecular formula is C24H35N3O. The fourth-order valence-corrected chi connectivity index (χ4v) is 5.12.